The molecule has 2 atom stereocenters. The number of carbonyl (C=O) groups excluding carboxylic acids is 2. The van der Waals surface area contributed by atoms with Crippen molar-refractivity contribution in [2.45, 2.75) is 56.4 Å². The molecule has 2 aromatic carbocycles. The molecule has 0 spiro atoms. The van der Waals surface area contributed by atoms with Crippen LogP contribution >= 0.6 is 0 Å². The Morgan fingerprint density at radius 3 is 2.15 bits per heavy atom. The lowest BCUT2D eigenvalue weighted by atomic mass is 10.0. The van der Waals surface area contributed by atoms with Crippen molar-refractivity contribution in [3.05, 3.63) is 65.7 Å². The molecule has 33 heavy (non-hydrogen) atoms. The zero-order valence-corrected chi connectivity index (χ0v) is 20.0. The van der Waals surface area contributed by atoms with Crippen LogP contribution in [0.4, 0.5) is 0 Å². The van der Waals surface area contributed by atoms with Crippen LogP contribution in [0.15, 0.2) is 59.5 Å². The van der Waals surface area contributed by atoms with E-state index in [4.69, 9.17) is 4.74 Å². The van der Waals surface area contributed by atoms with Crippen molar-refractivity contribution in [3.63, 3.8) is 0 Å². The molecule has 3 rings (SSSR count). The van der Waals surface area contributed by atoms with Crippen LogP contribution < -0.4 is 5.32 Å². The molecule has 1 N–H and O–H groups in total. The van der Waals surface area contributed by atoms with Gasteiger partial charge in [0, 0.05) is 19.6 Å². The topological polar surface area (TPSA) is 92.8 Å². The summed E-state index contributed by atoms with van der Waals surface area (Å²) in [5, 5.41) is 2.81. The smallest absolute Gasteiger partial charge is 0.338 e. The van der Waals surface area contributed by atoms with Crippen molar-refractivity contribution >= 4 is 21.9 Å². The summed E-state index contributed by atoms with van der Waals surface area (Å²) in [5.41, 5.74) is 1.31. The molecule has 1 saturated heterocycles. The Hall–Kier alpha value is -2.71. The highest BCUT2D eigenvalue weighted by Gasteiger charge is 2.26. The van der Waals surface area contributed by atoms with Gasteiger partial charge in [0.15, 0.2) is 6.10 Å². The molecule has 0 aromatic heterocycles. The van der Waals surface area contributed by atoms with E-state index in [1.807, 2.05) is 37.3 Å². The molecule has 0 saturated carbocycles. The van der Waals surface area contributed by atoms with E-state index >= 15 is 0 Å². The number of carbonyl (C=O) groups is 2. The minimum Gasteiger partial charge on any atom is -0.449 e. The molecule has 1 fully saturated rings. The van der Waals surface area contributed by atoms with Crippen LogP contribution in [0.1, 0.15) is 61.4 Å². The second-order valence-electron chi connectivity index (χ2n) is 8.45. The maximum Gasteiger partial charge on any atom is 0.338 e. The van der Waals surface area contributed by atoms with Crippen LogP contribution in [0, 0.1) is 0 Å². The third-order valence-electron chi connectivity index (χ3n) is 5.90. The fourth-order valence-electron chi connectivity index (χ4n) is 3.77. The van der Waals surface area contributed by atoms with Crippen molar-refractivity contribution in [3.8, 4) is 0 Å². The monoisotopic (exact) mass is 472 g/mol. The summed E-state index contributed by atoms with van der Waals surface area (Å²) in [6.07, 6.45) is 2.81. The van der Waals surface area contributed by atoms with E-state index in [0.29, 0.717) is 19.6 Å². The summed E-state index contributed by atoms with van der Waals surface area (Å²) in [6, 6.07) is 15.5. The first kappa shape index (κ1) is 24.9. The van der Waals surface area contributed by atoms with E-state index < -0.39 is 22.1 Å². The zero-order valence-electron chi connectivity index (χ0n) is 19.2. The second-order valence-corrected chi connectivity index (χ2v) is 10.4. The fourth-order valence-corrected chi connectivity index (χ4v) is 5.29. The third-order valence-corrected chi connectivity index (χ3v) is 7.81. The fraction of sp³-hybridized carbons (Fsp3) is 0.440. The second kappa shape index (κ2) is 11.4. The summed E-state index contributed by atoms with van der Waals surface area (Å²) in [6.45, 7) is 4.98. The maximum atomic E-state index is 12.9. The summed E-state index contributed by atoms with van der Waals surface area (Å²) >= 11 is 0. The van der Waals surface area contributed by atoms with Crippen LogP contribution in [0.3, 0.4) is 0 Å². The Morgan fingerprint density at radius 1 is 0.939 bits per heavy atom. The van der Waals surface area contributed by atoms with Gasteiger partial charge in [-0.2, -0.15) is 4.31 Å². The number of nitrogens with one attached hydrogen (secondary N) is 1. The zero-order chi connectivity index (χ0) is 23.8. The Morgan fingerprint density at radius 2 is 1.55 bits per heavy atom. The largest absolute Gasteiger partial charge is 0.449 e. The molecular weight excluding hydrogens is 440 g/mol. The van der Waals surface area contributed by atoms with Gasteiger partial charge >= 0.3 is 5.97 Å². The minimum absolute atomic E-state index is 0.122. The van der Waals surface area contributed by atoms with Crippen LogP contribution in [0.25, 0.3) is 0 Å². The van der Waals surface area contributed by atoms with Gasteiger partial charge < -0.3 is 10.1 Å². The van der Waals surface area contributed by atoms with E-state index in [0.717, 1.165) is 31.2 Å². The minimum atomic E-state index is -3.59. The summed E-state index contributed by atoms with van der Waals surface area (Å²) < 4.78 is 32.5. The van der Waals surface area contributed by atoms with E-state index in [1.165, 1.54) is 35.5 Å². The number of ether oxygens (including phenoxy) is 1. The van der Waals surface area contributed by atoms with Gasteiger partial charge in [0.1, 0.15) is 0 Å². The van der Waals surface area contributed by atoms with Gasteiger partial charge in [0.25, 0.3) is 5.91 Å². The molecule has 2 unspecified atom stereocenters. The highest BCUT2D eigenvalue weighted by molar-refractivity contribution is 7.89. The van der Waals surface area contributed by atoms with Gasteiger partial charge in [-0.15, -0.1) is 0 Å². The van der Waals surface area contributed by atoms with Crippen molar-refractivity contribution in [1.29, 1.82) is 0 Å². The molecular formula is C25H32N2O5S. The lowest BCUT2D eigenvalue weighted by Crippen LogP contribution is -2.37. The van der Waals surface area contributed by atoms with Gasteiger partial charge in [-0.3, -0.25) is 4.79 Å². The standard InChI is InChI=1S/C25H32N2O5S/c1-19(21-10-6-5-7-11-21)18-26-24(28)20(2)32-25(29)22-12-14-23(15-13-22)33(30,31)27-16-8-3-4-9-17-27/h5-7,10-15,19-20H,3-4,8-9,16-18H2,1-2H3,(H,26,28). The highest BCUT2D eigenvalue weighted by Crippen LogP contribution is 2.21. The third kappa shape index (κ3) is 6.65. The number of hydrogen-bond acceptors (Lipinski definition) is 5. The molecule has 2 aromatic rings. The first-order valence-corrected chi connectivity index (χ1v) is 12.9. The summed E-state index contributed by atoms with van der Waals surface area (Å²) in [5.74, 6) is -0.935. The normalized spacial score (nSPS) is 16.9. The van der Waals surface area contributed by atoms with E-state index in [-0.39, 0.29) is 22.3 Å². The first-order valence-electron chi connectivity index (χ1n) is 11.4. The molecule has 0 radical (unpaired) electrons. The predicted molar refractivity (Wildman–Crippen MR) is 126 cm³/mol. The number of rotatable bonds is 8. The molecule has 0 aliphatic carbocycles. The van der Waals surface area contributed by atoms with Gasteiger partial charge in [-0.05, 0) is 55.5 Å². The van der Waals surface area contributed by atoms with E-state index in [1.54, 1.807) is 0 Å². The predicted octanol–water partition coefficient (Wildman–Crippen LogP) is 3.72. The molecule has 0 bridgehead atoms. The average molecular weight is 473 g/mol. The lowest BCUT2D eigenvalue weighted by Gasteiger charge is -2.20. The Bertz CT molecular complexity index is 1030. The molecule has 1 aliphatic heterocycles. The number of amides is 1. The Kier molecular flexibility index (Phi) is 8.63. The lowest BCUT2D eigenvalue weighted by molar-refractivity contribution is -0.129. The Balaban J connectivity index is 1.54. The van der Waals surface area contributed by atoms with Gasteiger partial charge in [-0.1, -0.05) is 50.1 Å². The van der Waals surface area contributed by atoms with Gasteiger partial charge in [-0.25, -0.2) is 13.2 Å². The van der Waals surface area contributed by atoms with Crippen LogP contribution in [-0.4, -0.2) is 50.3 Å². The average Bonchev–Trinajstić information content (AvgIpc) is 3.13. The van der Waals surface area contributed by atoms with Crippen molar-refractivity contribution in [2.75, 3.05) is 19.6 Å². The van der Waals surface area contributed by atoms with E-state index in [9.17, 15) is 18.0 Å². The summed E-state index contributed by atoms with van der Waals surface area (Å²) in [4.78, 5) is 25.0. The van der Waals surface area contributed by atoms with Crippen LogP contribution in [-0.2, 0) is 19.6 Å². The molecule has 1 aliphatic rings. The number of esters is 1. The quantitative estimate of drug-likeness (QED) is 0.591. The summed E-state index contributed by atoms with van der Waals surface area (Å²) in [7, 11) is -3.59. The molecule has 1 amide bonds. The molecule has 7 nitrogen and oxygen atoms in total. The maximum absolute atomic E-state index is 12.9. The molecule has 8 heteroatoms. The van der Waals surface area contributed by atoms with Crippen LogP contribution in [0.5, 0.6) is 0 Å². The number of sulfonamides is 1. The van der Waals surface area contributed by atoms with Crippen molar-refractivity contribution in [2.24, 2.45) is 0 Å². The number of benzene rings is 2. The van der Waals surface area contributed by atoms with E-state index in [2.05, 4.69) is 5.32 Å². The SMILES string of the molecule is CC(OC(=O)c1ccc(S(=O)(=O)N2CCCCCC2)cc1)C(=O)NCC(C)c1ccccc1. The van der Waals surface area contributed by atoms with Crippen molar-refractivity contribution < 1.29 is 22.7 Å². The number of nitrogens with zero attached hydrogens (tertiary/aromatic N) is 1. The van der Waals surface area contributed by atoms with Gasteiger partial charge in [0.05, 0.1) is 10.5 Å². The molecule has 1 heterocycles. The first-order chi connectivity index (χ1) is 15.8. The van der Waals surface area contributed by atoms with Crippen molar-refractivity contribution in [1.82, 2.24) is 9.62 Å². The van der Waals surface area contributed by atoms with Gasteiger partial charge in [0.2, 0.25) is 10.0 Å². The van der Waals surface area contributed by atoms with Crippen LogP contribution in [0.2, 0.25) is 0 Å². The highest BCUT2D eigenvalue weighted by atomic mass is 32.2. The Labute approximate surface area is 196 Å². The number of hydrogen-bond donors (Lipinski definition) is 1. The molecule has 178 valence electrons.